The van der Waals surface area contributed by atoms with Crippen LogP contribution in [0.5, 0.6) is 0 Å². The Kier molecular flexibility index (Phi) is 3.75. The summed E-state index contributed by atoms with van der Waals surface area (Å²) in [5.41, 5.74) is 7.84. The second-order valence-corrected chi connectivity index (χ2v) is 4.03. The minimum atomic E-state index is -0.515. The predicted octanol–water partition coefficient (Wildman–Crippen LogP) is 2.58. The predicted molar refractivity (Wildman–Crippen MR) is 74.7 cm³/mol. The first-order valence-corrected chi connectivity index (χ1v) is 5.78. The molecule has 2 N–H and O–H groups in total. The first-order valence-electron chi connectivity index (χ1n) is 5.78. The number of hydrogen-bond acceptors (Lipinski definition) is 2. The topological polar surface area (TPSA) is 66.9 Å². The number of carbonyl (C=O) groups is 1. The van der Waals surface area contributed by atoms with Gasteiger partial charge in [0.2, 0.25) is 5.91 Å². The van der Waals surface area contributed by atoms with E-state index in [1.54, 1.807) is 30.3 Å². The van der Waals surface area contributed by atoms with E-state index >= 15 is 0 Å². The molecule has 0 spiro atoms. The zero-order chi connectivity index (χ0) is 13.7. The zero-order valence-corrected chi connectivity index (χ0v) is 10.2. The van der Waals surface area contributed by atoms with Gasteiger partial charge in [0.15, 0.2) is 0 Å². The van der Waals surface area contributed by atoms with Gasteiger partial charge in [-0.25, -0.2) is 0 Å². The van der Waals surface area contributed by atoms with E-state index in [0.29, 0.717) is 16.7 Å². The van der Waals surface area contributed by atoms with Crippen LogP contribution in [0.3, 0.4) is 0 Å². The summed E-state index contributed by atoms with van der Waals surface area (Å²) in [6.07, 6.45) is 1.72. The maximum atomic E-state index is 11.6. The second kappa shape index (κ2) is 5.65. The summed E-state index contributed by atoms with van der Waals surface area (Å²) in [5.74, 6) is -0.515. The van der Waals surface area contributed by atoms with Gasteiger partial charge in [0, 0.05) is 5.57 Å². The van der Waals surface area contributed by atoms with Crippen molar-refractivity contribution < 1.29 is 4.79 Å². The van der Waals surface area contributed by atoms with Crippen LogP contribution < -0.4 is 5.73 Å². The first kappa shape index (κ1) is 12.6. The Morgan fingerprint density at radius 3 is 2.47 bits per heavy atom. The van der Waals surface area contributed by atoms with Crippen molar-refractivity contribution in [3.63, 3.8) is 0 Å². The molecule has 3 heteroatoms. The molecule has 2 aromatic carbocycles. The third-order valence-corrected chi connectivity index (χ3v) is 2.68. The Bertz CT molecular complexity index is 667. The number of benzene rings is 2. The van der Waals surface area contributed by atoms with Gasteiger partial charge in [-0.2, -0.15) is 5.26 Å². The second-order valence-electron chi connectivity index (χ2n) is 4.03. The Morgan fingerprint density at radius 1 is 1.11 bits per heavy atom. The molecule has 2 aromatic rings. The summed E-state index contributed by atoms with van der Waals surface area (Å²) in [6, 6.07) is 18.3. The van der Waals surface area contributed by atoms with E-state index < -0.39 is 5.91 Å². The highest BCUT2D eigenvalue weighted by Gasteiger charge is 2.08. The van der Waals surface area contributed by atoms with Crippen LogP contribution in [0.4, 0.5) is 0 Å². The molecule has 92 valence electrons. The highest BCUT2D eigenvalue weighted by molar-refractivity contribution is 6.23. The molecule has 0 saturated carbocycles. The summed E-state index contributed by atoms with van der Waals surface area (Å²) >= 11 is 0. The highest BCUT2D eigenvalue weighted by Crippen LogP contribution is 2.19. The van der Waals surface area contributed by atoms with Gasteiger partial charge in [0.25, 0.3) is 0 Å². The Balaban J connectivity index is 2.50. The van der Waals surface area contributed by atoms with Crippen molar-refractivity contribution in [2.24, 2.45) is 5.73 Å². The molecular weight excluding hydrogens is 236 g/mol. The van der Waals surface area contributed by atoms with Crippen LogP contribution in [0.1, 0.15) is 16.7 Å². The highest BCUT2D eigenvalue weighted by atomic mass is 16.1. The molecule has 0 bridgehead atoms. The summed E-state index contributed by atoms with van der Waals surface area (Å²) in [6.45, 7) is 0. The molecule has 0 unspecified atom stereocenters. The number of primary amides is 1. The van der Waals surface area contributed by atoms with Crippen molar-refractivity contribution in [3.05, 3.63) is 71.3 Å². The van der Waals surface area contributed by atoms with Gasteiger partial charge in [-0.05, 0) is 29.3 Å². The van der Waals surface area contributed by atoms with E-state index in [0.717, 1.165) is 5.56 Å². The molecule has 0 saturated heterocycles. The lowest BCUT2D eigenvalue weighted by atomic mass is 10.0. The van der Waals surface area contributed by atoms with Crippen LogP contribution in [0, 0.1) is 11.3 Å². The van der Waals surface area contributed by atoms with Crippen molar-refractivity contribution in [3.8, 4) is 6.07 Å². The fourth-order valence-corrected chi connectivity index (χ4v) is 1.77. The van der Waals surface area contributed by atoms with E-state index in [9.17, 15) is 4.79 Å². The molecule has 0 atom stereocenters. The summed E-state index contributed by atoms with van der Waals surface area (Å²) < 4.78 is 0. The molecule has 3 nitrogen and oxygen atoms in total. The van der Waals surface area contributed by atoms with E-state index in [1.807, 2.05) is 36.4 Å². The van der Waals surface area contributed by atoms with Gasteiger partial charge in [-0.3, -0.25) is 4.79 Å². The van der Waals surface area contributed by atoms with Crippen LogP contribution in [0.15, 0.2) is 54.6 Å². The molecule has 0 aromatic heterocycles. The minimum absolute atomic E-state index is 0.392. The van der Waals surface area contributed by atoms with E-state index in [2.05, 4.69) is 0 Å². The Morgan fingerprint density at radius 2 is 1.84 bits per heavy atom. The third kappa shape index (κ3) is 3.08. The van der Waals surface area contributed by atoms with E-state index in [4.69, 9.17) is 11.0 Å². The quantitative estimate of drug-likeness (QED) is 0.670. The lowest BCUT2D eigenvalue weighted by Crippen LogP contribution is -2.12. The van der Waals surface area contributed by atoms with Crippen molar-refractivity contribution in [2.75, 3.05) is 0 Å². The van der Waals surface area contributed by atoms with E-state index in [1.165, 1.54) is 0 Å². The average molecular weight is 248 g/mol. The molecule has 0 radical (unpaired) electrons. The number of amides is 1. The molecule has 19 heavy (non-hydrogen) atoms. The molecular formula is C16H12N2O. The van der Waals surface area contributed by atoms with Crippen LogP contribution in [-0.4, -0.2) is 5.91 Å². The van der Waals surface area contributed by atoms with Crippen LogP contribution >= 0.6 is 0 Å². The fourth-order valence-electron chi connectivity index (χ4n) is 1.77. The summed E-state index contributed by atoms with van der Waals surface area (Å²) in [4.78, 5) is 11.6. The van der Waals surface area contributed by atoms with Crippen molar-refractivity contribution in [1.29, 1.82) is 5.26 Å². The van der Waals surface area contributed by atoms with Crippen LogP contribution in [0.2, 0.25) is 0 Å². The molecule has 0 fully saturated rings. The van der Waals surface area contributed by atoms with Gasteiger partial charge in [-0.15, -0.1) is 0 Å². The number of nitrogens with two attached hydrogens (primary N) is 1. The Hall–Kier alpha value is -2.86. The van der Waals surface area contributed by atoms with Gasteiger partial charge in [0.1, 0.15) is 0 Å². The maximum Gasteiger partial charge on any atom is 0.249 e. The van der Waals surface area contributed by atoms with Crippen LogP contribution in [0.25, 0.3) is 11.6 Å². The largest absolute Gasteiger partial charge is 0.366 e. The third-order valence-electron chi connectivity index (χ3n) is 2.68. The molecule has 0 heterocycles. The lowest BCUT2D eigenvalue weighted by molar-refractivity contribution is -0.112. The fraction of sp³-hybridized carbons (Fsp3) is 0. The van der Waals surface area contributed by atoms with Crippen LogP contribution in [-0.2, 0) is 4.79 Å². The monoisotopic (exact) mass is 248 g/mol. The molecule has 2 rings (SSSR count). The minimum Gasteiger partial charge on any atom is -0.366 e. The molecule has 0 aliphatic rings. The SMILES string of the molecule is N#Cc1cccc(/C(=C\c2ccccc2)C(N)=O)c1. The summed E-state index contributed by atoms with van der Waals surface area (Å²) in [7, 11) is 0. The van der Waals surface area contributed by atoms with Gasteiger partial charge < -0.3 is 5.73 Å². The van der Waals surface area contributed by atoms with Crippen molar-refractivity contribution >= 4 is 17.6 Å². The lowest BCUT2D eigenvalue weighted by Gasteiger charge is -2.04. The number of carbonyl (C=O) groups excluding carboxylic acids is 1. The maximum absolute atomic E-state index is 11.6. The average Bonchev–Trinajstić information content (AvgIpc) is 2.45. The van der Waals surface area contributed by atoms with Gasteiger partial charge in [0.05, 0.1) is 11.6 Å². The standard InChI is InChI=1S/C16H12N2O/c17-11-13-7-4-8-14(9-13)15(16(18)19)10-12-5-2-1-3-6-12/h1-10H,(H2,18,19)/b15-10+. The smallest absolute Gasteiger partial charge is 0.249 e. The normalized spacial score (nSPS) is 10.8. The molecule has 0 aliphatic carbocycles. The molecule has 0 aliphatic heterocycles. The number of rotatable bonds is 3. The molecule has 1 amide bonds. The number of hydrogen-bond donors (Lipinski definition) is 1. The van der Waals surface area contributed by atoms with Gasteiger partial charge >= 0.3 is 0 Å². The zero-order valence-electron chi connectivity index (χ0n) is 10.2. The van der Waals surface area contributed by atoms with Gasteiger partial charge in [-0.1, -0.05) is 42.5 Å². The van der Waals surface area contributed by atoms with Crippen molar-refractivity contribution in [1.82, 2.24) is 0 Å². The first-order chi connectivity index (χ1) is 9.20. The Labute approximate surface area is 111 Å². The summed E-state index contributed by atoms with van der Waals surface area (Å²) in [5, 5.41) is 8.89. The van der Waals surface area contributed by atoms with Crippen molar-refractivity contribution in [2.45, 2.75) is 0 Å². The number of nitriles is 1. The number of nitrogens with zero attached hydrogens (tertiary/aromatic N) is 1. The van der Waals surface area contributed by atoms with E-state index in [-0.39, 0.29) is 0 Å².